The third-order valence-corrected chi connectivity index (χ3v) is 7.43. The first-order valence-electron chi connectivity index (χ1n) is 12.8. The van der Waals surface area contributed by atoms with Crippen LogP contribution in [0.2, 0.25) is 0 Å². The van der Waals surface area contributed by atoms with Gasteiger partial charge in [0.2, 0.25) is 5.91 Å². The molecule has 3 atom stereocenters. The molecule has 194 valence electrons. The first kappa shape index (κ1) is 26.1. The van der Waals surface area contributed by atoms with Gasteiger partial charge in [-0.25, -0.2) is 0 Å². The lowest BCUT2D eigenvalue weighted by atomic mass is 9.85. The first-order valence-corrected chi connectivity index (χ1v) is 12.8. The van der Waals surface area contributed by atoms with Crippen molar-refractivity contribution in [1.29, 1.82) is 0 Å². The quantitative estimate of drug-likeness (QED) is 0.680. The molecule has 8 heteroatoms. The van der Waals surface area contributed by atoms with E-state index in [-0.39, 0.29) is 35.8 Å². The molecule has 0 spiro atoms. The minimum atomic E-state index is -0.128. The van der Waals surface area contributed by atoms with E-state index in [2.05, 4.69) is 35.1 Å². The molecule has 0 saturated heterocycles. The highest BCUT2D eigenvalue weighted by Crippen LogP contribution is 2.30. The maximum absolute atomic E-state index is 13.4. The van der Waals surface area contributed by atoms with E-state index in [1.54, 1.807) is 43.5 Å². The smallest absolute Gasteiger partial charge is 0.257 e. The summed E-state index contributed by atoms with van der Waals surface area (Å²) in [7, 11) is 3.49. The minimum Gasteiger partial charge on any atom is -0.491 e. The molecule has 1 fully saturated rings. The largest absolute Gasteiger partial charge is 0.491 e. The summed E-state index contributed by atoms with van der Waals surface area (Å²) in [5.41, 5.74) is 2.26. The standard InChI is InChI=1S/C28H38N4O4/c1-19-15-32(16-21-7-6-12-29-14-21)20(2)18-36-25-13-23(30-27(33)22-8-5-9-22)10-11-24(25)28(34)31(3)17-26(19)35-4/h6-7,10-14,19-20,22,26H,5,8-9,15-18H2,1-4H3,(H,30,33)/t19-,20-,26-/m1/s1. The molecule has 36 heavy (non-hydrogen) atoms. The van der Waals surface area contributed by atoms with Gasteiger partial charge in [0.1, 0.15) is 12.4 Å². The van der Waals surface area contributed by atoms with Gasteiger partial charge < -0.3 is 19.7 Å². The van der Waals surface area contributed by atoms with Gasteiger partial charge in [0, 0.05) is 69.9 Å². The number of aromatic nitrogens is 1. The summed E-state index contributed by atoms with van der Waals surface area (Å²) >= 11 is 0. The Hall–Kier alpha value is -2.97. The van der Waals surface area contributed by atoms with E-state index in [0.717, 1.165) is 37.9 Å². The zero-order valence-electron chi connectivity index (χ0n) is 21.8. The normalized spacial score (nSPS) is 24.1. The van der Waals surface area contributed by atoms with E-state index < -0.39 is 0 Å². The lowest BCUT2D eigenvalue weighted by Crippen LogP contribution is -2.46. The number of rotatable bonds is 5. The molecule has 2 aromatic rings. The highest BCUT2D eigenvalue weighted by Gasteiger charge is 2.29. The minimum absolute atomic E-state index is 0.0331. The Morgan fingerprint density at radius 1 is 1.22 bits per heavy atom. The number of nitrogens with zero attached hydrogens (tertiary/aromatic N) is 3. The lowest BCUT2D eigenvalue weighted by Gasteiger charge is -2.36. The number of fused-ring (bicyclic) bond motifs is 1. The fourth-order valence-corrected chi connectivity index (χ4v) is 4.79. The van der Waals surface area contributed by atoms with E-state index in [9.17, 15) is 9.59 Å². The van der Waals surface area contributed by atoms with Crippen molar-refractivity contribution in [2.75, 3.05) is 39.2 Å². The number of amides is 2. The molecule has 0 unspecified atom stereocenters. The number of pyridine rings is 1. The molecule has 0 radical (unpaired) electrons. The van der Waals surface area contributed by atoms with Crippen LogP contribution in [-0.2, 0) is 16.1 Å². The Kier molecular flexibility index (Phi) is 8.59. The van der Waals surface area contributed by atoms with E-state index in [1.165, 1.54) is 0 Å². The van der Waals surface area contributed by atoms with E-state index >= 15 is 0 Å². The van der Waals surface area contributed by atoms with Gasteiger partial charge in [-0.15, -0.1) is 0 Å². The van der Waals surface area contributed by atoms with Crippen LogP contribution in [0.4, 0.5) is 5.69 Å². The molecular weight excluding hydrogens is 456 g/mol. The third kappa shape index (κ3) is 6.23. The topological polar surface area (TPSA) is 84.0 Å². The number of hydrogen-bond donors (Lipinski definition) is 1. The molecule has 2 heterocycles. The second-order valence-corrected chi connectivity index (χ2v) is 10.2. The van der Waals surface area contributed by atoms with E-state index in [4.69, 9.17) is 9.47 Å². The summed E-state index contributed by atoms with van der Waals surface area (Å²) < 4.78 is 12.1. The van der Waals surface area contributed by atoms with Gasteiger partial charge in [-0.1, -0.05) is 19.4 Å². The van der Waals surface area contributed by atoms with Gasteiger partial charge >= 0.3 is 0 Å². The van der Waals surface area contributed by atoms with Crippen LogP contribution in [0, 0.1) is 11.8 Å². The summed E-state index contributed by atoms with van der Waals surface area (Å²) in [6, 6.07) is 9.40. The van der Waals surface area contributed by atoms with Crippen molar-refractivity contribution in [1.82, 2.24) is 14.8 Å². The number of carbonyl (C=O) groups is 2. The van der Waals surface area contributed by atoms with Crippen LogP contribution in [-0.4, -0.2) is 72.6 Å². The van der Waals surface area contributed by atoms with Gasteiger partial charge in [0.15, 0.2) is 0 Å². The molecule has 2 aliphatic rings. The third-order valence-electron chi connectivity index (χ3n) is 7.43. The van der Waals surface area contributed by atoms with Crippen molar-refractivity contribution in [3.05, 3.63) is 53.9 Å². The molecule has 1 saturated carbocycles. The van der Waals surface area contributed by atoms with Gasteiger partial charge in [-0.3, -0.25) is 19.5 Å². The highest BCUT2D eigenvalue weighted by molar-refractivity contribution is 5.99. The number of nitrogens with one attached hydrogen (secondary N) is 1. The second kappa shape index (κ2) is 11.8. The van der Waals surface area contributed by atoms with Crippen LogP contribution in [0.5, 0.6) is 5.75 Å². The maximum Gasteiger partial charge on any atom is 0.257 e. The van der Waals surface area contributed by atoms with Gasteiger partial charge in [-0.05, 0) is 49.4 Å². The van der Waals surface area contributed by atoms with Crippen molar-refractivity contribution in [2.45, 2.75) is 51.8 Å². The number of anilines is 1. The van der Waals surface area contributed by atoms with Gasteiger partial charge in [0.25, 0.3) is 5.91 Å². The number of carbonyl (C=O) groups excluding carboxylic acids is 2. The second-order valence-electron chi connectivity index (χ2n) is 10.2. The molecule has 1 aromatic heterocycles. The molecule has 0 bridgehead atoms. The number of hydrogen-bond acceptors (Lipinski definition) is 6. The zero-order chi connectivity index (χ0) is 25.7. The van der Waals surface area contributed by atoms with Gasteiger partial charge in [0.05, 0.1) is 11.7 Å². The average Bonchev–Trinajstić information content (AvgIpc) is 2.83. The van der Waals surface area contributed by atoms with Crippen LogP contribution >= 0.6 is 0 Å². The molecule has 1 aromatic carbocycles. The first-order chi connectivity index (χ1) is 17.4. The van der Waals surface area contributed by atoms with Crippen LogP contribution in [0.25, 0.3) is 0 Å². The summed E-state index contributed by atoms with van der Waals surface area (Å²) in [6.45, 7) is 6.67. The summed E-state index contributed by atoms with van der Waals surface area (Å²) in [4.78, 5) is 34.2. The van der Waals surface area contributed by atoms with Crippen LogP contribution in [0.1, 0.15) is 49.0 Å². The van der Waals surface area contributed by atoms with Crippen molar-refractivity contribution < 1.29 is 19.1 Å². The van der Waals surface area contributed by atoms with Crippen LogP contribution in [0.3, 0.4) is 0 Å². The number of ether oxygens (including phenoxy) is 2. The molecule has 1 aliphatic carbocycles. The Morgan fingerprint density at radius 3 is 2.69 bits per heavy atom. The average molecular weight is 495 g/mol. The van der Waals surface area contributed by atoms with Crippen LogP contribution in [0.15, 0.2) is 42.7 Å². The Bertz CT molecular complexity index is 1040. The molecule has 8 nitrogen and oxygen atoms in total. The van der Waals surface area contributed by atoms with Crippen molar-refractivity contribution >= 4 is 17.5 Å². The number of likely N-dealkylation sites (N-methyl/N-ethyl adjacent to an activating group) is 1. The molecule has 2 amide bonds. The predicted molar refractivity (Wildman–Crippen MR) is 139 cm³/mol. The van der Waals surface area contributed by atoms with Crippen LogP contribution < -0.4 is 10.1 Å². The molecular formula is C28H38N4O4. The van der Waals surface area contributed by atoms with E-state index in [1.807, 2.05) is 12.3 Å². The van der Waals surface area contributed by atoms with E-state index in [0.29, 0.717) is 30.2 Å². The summed E-state index contributed by atoms with van der Waals surface area (Å²) in [5, 5.41) is 3.00. The fourth-order valence-electron chi connectivity index (χ4n) is 4.79. The SMILES string of the molecule is CO[C@@H]1CN(C)C(=O)c2ccc(NC(=O)C3CCC3)cc2OC[C@@H](C)N(Cc2cccnc2)C[C@H]1C. The zero-order valence-corrected chi connectivity index (χ0v) is 21.8. The van der Waals surface area contributed by atoms with Crippen molar-refractivity contribution in [3.8, 4) is 5.75 Å². The number of methoxy groups -OCH3 is 1. The Balaban J connectivity index is 1.61. The molecule has 1 N–H and O–H groups in total. The number of benzene rings is 1. The Labute approximate surface area is 214 Å². The molecule has 4 rings (SSSR count). The van der Waals surface area contributed by atoms with Crippen molar-refractivity contribution in [3.63, 3.8) is 0 Å². The van der Waals surface area contributed by atoms with Gasteiger partial charge in [-0.2, -0.15) is 0 Å². The predicted octanol–water partition coefficient (Wildman–Crippen LogP) is 3.83. The maximum atomic E-state index is 13.4. The summed E-state index contributed by atoms with van der Waals surface area (Å²) in [5.74, 6) is 0.650. The van der Waals surface area contributed by atoms with Crippen molar-refractivity contribution in [2.24, 2.45) is 11.8 Å². The highest BCUT2D eigenvalue weighted by atomic mass is 16.5. The molecule has 1 aliphatic heterocycles. The fraction of sp³-hybridized carbons (Fsp3) is 0.536. The Morgan fingerprint density at radius 2 is 2.03 bits per heavy atom. The lowest BCUT2D eigenvalue weighted by molar-refractivity contribution is -0.122. The summed E-state index contributed by atoms with van der Waals surface area (Å²) in [6.07, 6.45) is 6.51. The monoisotopic (exact) mass is 494 g/mol.